The molecule has 8 heteroatoms. The van der Waals surface area contributed by atoms with Crippen molar-refractivity contribution in [3.8, 4) is 5.75 Å². The van der Waals surface area contributed by atoms with Gasteiger partial charge < -0.3 is 20.7 Å². The van der Waals surface area contributed by atoms with Gasteiger partial charge in [0.2, 0.25) is 0 Å². The van der Waals surface area contributed by atoms with Crippen molar-refractivity contribution in [3.05, 3.63) is 22.7 Å². The number of nitrogen functional groups attached to an aromatic ring is 1. The molecule has 0 heterocycles. The van der Waals surface area contributed by atoms with E-state index in [1.807, 2.05) is 14.1 Å². The average molecular weight is 387 g/mol. The van der Waals surface area contributed by atoms with E-state index in [0.717, 1.165) is 6.54 Å². The standard InChI is InChI=1S/C15H24ClN3O2.2ClH/c1-15(2,9-19(3)4)8-18-14(20)10-6-11(16)12(17)7-13(10)21-5;;/h6-7H,8-9,17H2,1-5H3,(H,18,20);2*1H. The van der Waals surface area contributed by atoms with Gasteiger partial charge in [-0.05, 0) is 25.6 Å². The van der Waals surface area contributed by atoms with Crippen LogP contribution in [0.2, 0.25) is 5.02 Å². The Morgan fingerprint density at radius 3 is 2.39 bits per heavy atom. The average Bonchev–Trinajstić information content (AvgIpc) is 2.37. The predicted octanol–water partition coefficient (Wildman–Crippen LogP) is 3.09. The molecular weight excluding hydrogens is 361 g/mol. The Kier molecular flexibility index (Phi) is 10.7. The van der Waals surface area contributed by atoms with E-state index in [0.29, 0.717) is 28.6 Å². The van der Waals surface area contributed by atoms with Crippen molar-refractivity contribution >= 4 is 48.0 Å². The molecule has 0 radical (unpaired) electrons. The Morgan fingerprint density at radius 2 is 1.91 bits per heavy atom. The van der Waals surface area contributed by atoms with Gasteiger partial charge in [-0.25, -0.2) is 0 Å². The summed E-state index contributed by atoms with van der Waals surface area (Å²) in [5.74, 6) is 0.195. The van der Waals surface area contributed by atoms with Crippen LogP contribution in [0, 0.1) is 5.41 Å². The van der Waals surface area contributed by atoms with E-state index in [9.17, 15) is 4.79 Å². The predicted molar refractivity (Wildman–Crippen MR) is 102 cm³/mol. The molecule has 0 saturated carbocycles. The van der Waals surface area contributed by atoms with Crippen molar-refractivity contribution < 1.29 is 9.53 Å². The van der Waals surface area contributed by atoms with Gasteiger partial charge in [-0.2, -0.15) is 0 Å². The zero-order valence-corrected chi connectivity index (χ0v) is 16.5. The Bertz CT molecular complexity index is 523. The second kappa shape index (κ2) is 10.1. The van der Waals surface area contributed by atoms with Crippen LogP contribution >= 0.6 is 36.4 Å². The number of nitrogens with zero attached hydrogens (tertiary/aromatic N) is 1. The largest absolute Gasteiger partial charge is 0.496 e. The highest BCUT2D eigenvalue weighted by Crippen LogP contribution is 2.29. The van der Waals surface area contributed by atoms with Crippen LogP contribution in [0.5, 0.6) is 5.75 Å². The molecular formula is C15H26Cl3N3O2. The van der Waals surface area contributed by atoms with E-state index < -0.39 is 0 Å². The number of nitrogens with two attached hydrogens (primary N) is 1. The first-order valence-corrected chi connectivity index (χ1v) is 7.10. The Morgan fingerprint density at radius 1 is 1.35 bits per heavy atom. The topological polar surface area (TPSA) is 67.6 Å². The van der Waals surface area contributed by atoms with Gasteiger partial charge in [0.05, 0.1) is 23.4 Å². The minimum atomic E-state index is -0.222. The van der Waals surface area contributed by atoms with E-state index in [1.54, 1.807) is 6.07 Å². The minimum absolute atomic E-state index is 0. The zero-order chi connectivity index (χ0) is 16.2. The Labute approximate surface area is 155 Å². The minimum Gasteiger partial charge on any atom is -0.496 e. The van der Waals surface area contributed by atoms with Gasteiger partial charge in [-0.3, -0.25) is 4.79 Å². The lowest BCUT2D eigenvalue weighted by atomic mass is 9.93. The molecule has 0 aliphatic heterocycles. The third-order valence-corrected chi connectivity index (χ3v) is 3.36. The molecule has 134 valence electrons. The summed E-state index contributed by atoms with van der Waals surface area (Å²) in [5.41, 5.74) is 6.45. The second-order valence-electron chi connectivity index (χ2n) is 6.16. The number of benzene rings is 1. The van der Waals surface area contributed by atoms with Gasteiger partial charge in [-0.15, -0.1) is 24.8 Å². The summed E-state index contributed by atoms with van der Waals surface area (Å²) < 4.78 is 5.19. The maximum Gasteiger partial charge on any atom is 0.255 e. The van der Waals surface area contributed by atoms with Gasteiger partial charge >= 0.3 is 0 Å². The van der Waals surface area contributed by atoms with Crippen molar-refractivity contribution in [2.75, 3.05) is 40.0 Å². The number of carbonyl (C=O) groups excluding carboxylic acids is 1. The quantitative estimate of drug-likeness (QED) is 0.737. The molecule has 5 nitrogen and oxygen atoms in total. The molecule has 0 aliphatic rings. The molecule has 0 aromatic heterocycles. The summed E-state index contributed by atoms with van der Waals surface area (Å²) in [5, 5.41) is 3.26. The van der Waals surface area contributed by atoms with Crippen LogP contribution in [0.4, 0.5) is 5.69 Å². The molecule has 0 atom stereocenters. The van der Waals surface area contributed by atoms with Gasteiger partial charge in [0.15, 0.2) is 0 Å². The fourth-order valence-corrected chi connectivity index (χ4v) is 2.41. The number of anilines is 1. The summed E-state index contributed by atoms with van der Waals surface area (Å²) in [6, 6.07) is 3.09. The Hall–Kier alpha value is -0.880. The lowest BCUT2D eigenvalue weighted by Crippen LogP contribution is -2.40. The number of halogens is 3. The van der Waals surface area contributed by atoms with Crippen molar-refractivity contribution in [2.45, 2.75) is 13.8 Å². The molecule has 0 saturated heterocycles. The Balaban J connectivity index is 0. The van der Waals surface area contributed by atoms with Gasteiger partial charge in [0.25, 0.3) is 5.91 Å². The highest BCUT2D eigenvalue weighted by Gasteiger charge is 2.22. The molecule has 0 aliphatic carbocycles. The smallest absolute Gasteiger partial charge is 0.255 e. The summed E-state index contributed by atoms with van der Waals surface area (Å²) in [4.78, 5) is 14.4. The highest BCUT2D eigenvalue weighted by atomic mass is 35.5. The number of hydrogen-bond acceptors (Lipinski definition) is 4. The molecule has 3 N–H and O–H groups in total. The molecule has 1 amide bonds. The van der Waals surface area contributed by atoms with Gasteiger partial charge in [0, 0.05) is 19.2 Å². The van der Waals surface area contributed by atoms with Crippen LogP contribution in [0.1, 0.15) is 24.2 Å². The maximum atomic E-state index is 12.3. The fraction of sp³-hybridized carbons (Fsp3) is 0.533. The van der Waals surface area contributed by atoms with Crippen molar-refractivity contribution in [2.24, 2.45) is 5.41 Å². The molecule has 1 aromatic rings. The first-order valence-electron chi connectivity index (χ1n) is 6.72. The van der Waals surface area contributed by atoms with E-state index in [2.05, 4.69) is 24.1 Å². The van der Waals surface area contributed by atoms with Crippen molar-refractivity contribution in [3.63, 3.8) is 0 Å². The second-order valence-corrected chi connectivity index (χ2v) is 6.57. The number of ether oxygens (including phenoxy) is 1. The summed E-state index contributed by atoms with van der Waals surface area (Å²) in [7, 11) is 5.51. The fourth-order valence-electron chi connectivity index (χ4n) is 2.24. The van der Waals surface area contributed by atoms with Crippen LogP contribution in [0.15, 0.2) is 12.1 Å². The maximum absolute atomic E-state index is 12.3. The molecule has 23 heavy (non-hydrogen) atoms. The first-order chi connectivity index (χ1) is 9.66. The van der Waals surface area contributed by atoms with Crippen LogP contribution in [0.3, 0.4) is 0 Å². The van der Waals surface area contributed by atoms with E-state index in [1.165, 1.54) is 13.2 Å². The van der Waals surface area contributed by atoms with Crippen molar-refractivity contribution in [1.82, 2.24) is 10.2 Å². The molecule has 0 unspecified atom stereocenters. The van der Waals surface area contributed by atoms with Crippen molar-refractivity contribution in [1.29, 1.82) is 0 Å². The molecule has 1 rings (SSSR count). The van der Waals surface area contributed by atoms with Crippen LogP contribution in [0.25, 0.3) is 0 Å². The molecule has 0 fully saturated rings. The zero-order valence-electron chi connectivity index (χ0n) is 14.1. The lowest BCUT2D eigenvalue weighted by Gasteiger charge is -2.28. The number of hydrogen-bond donors (Lipinski definition) is 2. The third-order valence-electron chi connectivity index (χ3n) is 3.04. The van der Waals surface area contributed by atoms with E-state index >= 15 is 0 Å². The summed E-state index contributed by atoms with van der Waals surface area (Å²) in [6.07, 6.45) is 0. The van der Waals surface area contributed by atoms with Crippen LogP contribution < -0.4 is 15.8 Å². The molecule has 1 aromatic carbocycles. The lowest BCUT2D eigenvalue weighted by molar-refractivity contribution is 0.0926. The summed E-state index contributed by atoms with van der Waals surface area (Å²) in [6.45, 7) is 5.61. The number of rotatable bonds is 6. The number of methoxy groups -OCH3 is 1. The first kappa shape index (κ1) is 24.4. The normalized spacial score (nSPS) is 10.6. The summed E-state index contributed by atoms with van der Waals surface area (Å²) >= 11 is 5.98. The SMILES string of the molecule is COc1cc(N)c(Cl)cc1C(=O)NCC(C)(C)CN(C)C.Cl.Cl. The van der Waals surface area contributed by atoms with Gasteiger partial charge in [0.1, 0.15) is 5.75 Å². The number of nitrogens with one attached hydrogen (secondary N) is 1. The van der Waals surface area contributed by atoms with Gasteiger partial charge in [-0.1, -0.05) is 25.4 Å². The molecule has 0 spiro atoms. The van der Waals surface area contributed by atoms with Crippen LogP contribution in [-0.2, 0) is 0 Å². The third kappa shape index (κ3) is 7.48. The number of carbonyl (C=O) groups is 1. The van der Waals surface area contributed by atoms with E-state index in [-0.39, 0.29) is 36.1 Å². The number of amides is 1. The monoisotopic (exact) mass is 385 g/mol. The van der Waals surface area contributed by atoms with E-state index in [4.69, 9.17) is 22.1 Å². The highest BCUT2D eigenvalue weighted by molar-refractivity contribution is 6.33. The molecule has 0 bridgehead atoms. The van der Waals surface area contributed by atoms with Crippen LogP contribution in [-0.4, -0.2) is 45.1 Å².